The Labute approximate surface area is 152 Å². The molecule has 0 saturated heterocycles. The molecule has 0 radical (unpaired) electrons. The molecule has 0 aliphatic heterocycles. The number of nitro benzene ring substituents is 1. The van der Waals surface area contributed by atoms with Gasteiger partial charge in [-0.3, -0.25) is 14.9 Å². The molecule has 0 heterocycles. The smallest absolute Gasteiger partial charge is 0.312 e. The third-order valence-corrected chi connectivity index (χ3v) is 4.87. The molecule has 0 spiro atoms. The first-order valence-electron chi connectivity index (χ1n) is 7.71. The Balaban J connectivity index is 0.00000312. The van der Waals surface area contributed by atoms with Crippen molar-refractivity contribution >= 4 is 29.7 Å². The van der Waals surface area contributed by atoms with Gasteiger partial charge in [0.25, 0.3) is 0 Å². The number of amides is 1. The lowest BCUT2D eigenvalue weighted by Gasteiger charge is -2.57. The largest absolute Gasteiger partial charge is 0.490 e. The number of benzene rings is 1. The van der Waals surface area contributed by atoms with Gasteiger partial charge >= 0.3 is 5.69 Å². The molecule has 1 aromatic carbocycles. The molecule has 0 aromatic heterocycles. The highest BCUT2D eigenvalue weighted by molar-refractivity contribution is 6.00. The molecule has 3 N–H and O–H groups in total. The molecular weight excluding hydrogens is 350 g/mol. The molecule has 2 rings (SSSR count). The van der Waals surface area contributed by atoms with Crippen molar-refractivity contribution in [3.63, 3.8) is 0 Å². The van der Waals surface area contributed by atoms with Gasteiger partial charge in [-0.1, -0.05) is 13.8 Å². The molecule has 1 saturated carbocycles. The molecule has 1 aromatic rings. The van der Waals surface area contributed by atoms with Gasteiger partial charge in [-0.05, 0) is 19.1 Å². The van der Waals surface area contributed by atoms with Crippen molar-refractivity contribution in [3.8, 4) is 5.75 Å². The molecule has 9 heteroatoms. The van der Waals surface area contributed by atoms with E-state index in [1.165, 1.54) is 19.2 Å². The zero-order valence-corrected chi connectivity index (χ0v) is 15.5. The average molecular weight is 374 g/mol. The topological polar surface area (TPSA) is 117 Å². The van der Waals surface area contributed by atoms with E-state index in [2.05, 4.69) is 5.32 Å². The summed E-state index contributed by atoms with van der Waals surface area (Å²) in [6.07, 6.45) is 0.307. The van der Waals surface area contributed by atoms with Crippen LogP contribution in [0.1, 0.15) is 27.2 Å². The van der Waals surface area contributed by atoms with E-state index < -0.39 is 15.9 Å². The van der Waals surface area contributed by atoms with E-state index in [0.29, 0.717) is 18.7 Å². The van der Waals surface area contributed by atoms with E-state index in [9.17, 15) is 14.9 Å². The lowest BCUT2D eigenvalue weighted by Crippen LogP contribution is -2.74. The van der Waals surface area contributed by atoms with Crippen molar-refractivity contribution < 1.29 is 19.2 Å². The SMILES string of the molecule is CCOC1CC(N)(C(=O)Nc2ccc(OC)c([N+](=O)[O-])c2)C1(C)C.Cl. The lowest BCUT2D eigenvalue weighted by atomic mass is 9.54. The Hall–Kier alpha value is -1.90. The Kier molecular flexibility index (Phi) is 6.39. The Morgan fingerprint density at radius 3 is 2.60 bits per heavy atom. The first-order valence-corrected chi connectivity index (χ1v) is 7.71. The summed E-state index contributed by atoms with van der Waals surface area (Å²) in [5, 5.41) is 13.7. The second-order valence-electron chi connectivity index (χ2n) is 6.44. The number of rotatable bonds is 6. The van der Waals surface area contributed by atoms with Crippen LogP contribution in [-0.2, 0) is 9.53 Å². The summed E-state index contributed by atoms with van der Waals surface area (Å²) in [6, 6.07) is 4.23. The molecule has 8 nitrogen and oxygen atoms in total. The third-order valence-electron chi connectivity index (χ3n) is 4.87. The number of halogens is 1. The zero-order valence-electron chi connectivity index (χ0n) is 14.7. The first kappa shape index (κ1) is 21.1. The Morgan fingerprint density at radius 2 is 2.12 bits per heavy atom. The summed E-state index contributed by atoms with van der Waals surface area (Å²) in [4.78, 5) is 23.1. The minimum Gasteiger partial charge on any atom is -0.490 e. The van der Waals surface area contributed by atoms with Crippen molar-refractivity contribution in [2.75, 3.05) is 19.0 Å². The standard InChI is InChI=1S/C16H23N3O5.ClH/c1-5-24-13-9-16(17,15(13,2)3)14(20)18-10-6-7-12(23-4)11(8-10)19(21)22;/h6-8,13H,5,9,17H2,1-4H3,(H,18,20);1H. The van der Waals surface area contributed by atoms with E-state index >= 15 is 0 Å². The molecule has 1 fully saturated rings. The summed E-state index contributed by atoms with van der Waals surface area (Å²) in [6.45, 7) is 6.21. The molecule has 1 aliphatic carbocycles. The normalized spacial score (nSPS) is 23.8. The minimum atomic E-state index is -1.10. The summed E-state index contributed by atoms with van der Waals surface area (Å²) in [7, 11) is 1.35. The predicted octanol–water partition coefficient (Wildman–Crippen LogP) is 2.50. The summed E-state index contributed by atoms with van der Waals surface area (Å²) in [5.74, 6) is -0.260. The first-order chi connectivity index (χ1) is 11.2. The Bertz CT molecular complexity index is 667. The molecular formula is C16H24ClN3O5. The molecule has 25 heavy (non-hydrogen) atoms. The quantitative estimate of drug-likeness (QED) is 0.584. The van der Waals surface area contributed by atoms with Gasteiger partial charge in [0.05, 0.1) is 18.1 Å². The van der Waals surface area contributed by atoms with Crippen molar-refractivity contribution in [1.82, 2.24) is 0 Å². The molecule has 0 bridgehead atoms. The van der Waals surface area contributed by atoms with Gasteiger partial charge in [-0.2, -0.15) is 0 Å². The average Bonchev–Trinajstić information content (AvgIpc) is 2.54. The molecule has 1 aliphatic rings. The van der Waals surface area contributed by atoms with Crippen molar-refractivity contribution in [2.24, 2.45) is 11.1 Å². The maximum Gasteiger partial charge on any atom is 0.312 e. The van der Waals surface area contributed by atoms with Crippen LogP contribution in [0.15, 0.2) is 18.2 Å². The number of nitro groups is 1. The Morgan fingerprint density at radius 1 is 1.48 bits per heavy atom. The summed E-state index contributed by atoms with van der Waals surface area (Å²) < 4.78 is 10.5. The second kappa shape index (κ2) is 7.55. The van der Waals surface area contributed by atoms with Gasteiger partial charge < -0.3 is 20.5 Å². The van der Waals surface area contributed by atoms with Gasteiger partial charge in [-0.15, -0.1) is 12.4 Å². The fraction of sp³-hybridized carbons (Fsp3) is 0.562. The van der Waals surface area contributed by atoms with Crippen molar-refractivity contribution in [1.29, 1.82) is 0 Å². The lowest BCUT2D eigenvalue weighted by molar-refractivity contribution is -0.385. The van der Waals surface area contributed by atoms with Crippen LogP contribution in [0.25, 0.3) is 0 Å². The number of hydrogen-bond acceptors (Lipinski definition) is 6. The maximum absolute atomic E-state index is 12.6. The monoisotopic (exact) mass is 373 g/mol. The number of carbonyl (C=O) groups is 1. The van der Waals surface area contributed by atoms with Crippen LogP contribution in [-0.4, -0.2) is 36.2 Å². The highest BCUT2D eigenvalue weighted by atomic mass is 35.5. The van der Waals surface area contributed by atoms with Gasteiger partial charge in [0.2, 0.25) is 5.91 Å². The van der Waals surface area contributed by atoms with E-state index in [0.717, 1.165) is 0 Å². The van der Waals surface area contributed by atoms with Crippen LogP contribution in [0.3, 0.4) is 0 Å². The van der Waals surface area contributed by atoms with Crippen LogP contribution in [0, 0.1) is 15.5 Å². The summed E-state index contributed by atoms with van der Waals surface area (Å²) >= 11 is 0. The highest BCUT2D eigenvalue weighted by Crippen LogP contribution is 2.50. The number of ether oxygens (including phenoxy) is 2. The summed E-state index contributed by atoms with van der Waals surface area (Å²) in [5.41, 5.74) is 4.74. The number of anilines is 1. The molecule has 2 atom stereocenters. The highest BCUT2D eigenvalue weighted by Gasteiger charge is 2.62. The fourth-order valence-electron chi connectivity index (χ4n) is 2.97. The molecule has 1 amide bonds. The van der Waals surface area contributed by atoms with Gasteiger partial charge in [0, 0.05) is 30.2 Å². The number of hydrogen-bond donors (Lipinski definition) is 2. The van der Waals surface area contributed by atoms with Crippen molar-refractivity contribution in [3.05, 3.63) is 28.3 Å². The number of nitrogens with zero attached hydrogens (tertiary/aromatic N) is 1. The maximum atomic E-state index is 12.6. The van der Waals surface area contributed by atoms with E-state index in [4.69, 9.17) is 15.2 Å². The van der Waals surface area contributed by atoms with Crippen LogP contribution in [0.2, 0.25) is 0 Å². The van der Waals surface area contributed by atoms with Crippen molar-refractivity contribution in [2.45, 2.75) is 38.8 Å². The number of nitrogens with one attached hydrogen (secondary N) is 1. The second-order valence-corrected chi connectivity index (χ2v) is 6.44. The van der Waals surface area contributed by atoms with Gasteiger partial charge in [0.1, 0.15) is 5.54 Å². The predicted molar refractivity (Wildman–Crippen MR) is 96.3 cm³/mol. The van der Waals surface area contributed by atoms with E-state index in [-0.39, 0.29) is 35.9 Å². The van der Waals surface area contributed by atoms with E-state index in [1.807, 2.05) is 20.8 Å². The zero-order chi connectivity index (χ0) is 18.1. The van der Waals surface area contributed by atoms with Crippen LogP contribution in [0.4, 0.5) is 11.4 Å². The molecule has 140 valence electrons. The van der Waals surface area contributed by atoms with Crippen LogP contribution < -0.4 is 15.8 Å². The van der Waals surface area contributed by atoms with Crippen LogP contribution >= 0.6 is 12.4 Å². The minimum absolute atomic E-state index is 0. The number of methoxy groups -OCH3 is 1. The fourth-order valence-corrected chi connectivity index (χ4v) is 2.97. The van der Waals surface area contributed by atoms with E-state index in [1.54, 1.807) is 6.07 Å². The van der Waals surface area contributed by atoms with Gasteiger partial charge in [0.15, 0.2) is 5.75 Å². The van der Waals surface area contributed by atoms with Gasteiger partial charge in [-0.25, -0.2) is 0 Å². The molecule has 2 unspecified atom stereocenters. The third kappa shape index (κ3) is 3.56. The number of nitrogens with two attached hydrogens (primary N) is 1. The van der Waals surface area contributed by atoms with Crippen LogP contribution in [0.5, 0.6) is 5.75 Å². The number of carbonyl (C=O) groups excluding carboxylic acids is 1.